The second-order valence-electron chi connectivity index (χ2n) is 10.3. The summed E-state index contributed by atoms with van der Waals surface area (Å²) in [7, 11) is -4.74. The lowest BCUT2D eigenvalue weighted by Crippen LogP contribution is -2.43. The van der Waals surface area contributed by atoms with Crippen molar-refractivity contribution in [2.24, 2.45) is 0 Å². The van der Waals surface area contributed by atoms with E-state index in [1.165, 1.54) is 19.3 Å². The number of aliphatic carboxylic acids is 1. The Bertz CT molecular complexity index is 947. The van der Waals surface area contributed by atoms with Gasteiger partial charge in [-0.15, -0.1) is 0 Å². The van der Waals surface area contributed by atoms with Gasteiger partial charge in [-0.2, -0.15) is 0 Å². The number of carbonyl (C=O) groups is 3. The summed E-state index contributed by atoms with van der Waals surface area (Å²) in [5, 5.41) is 21.4. The van der Waals surface area contributed by atoms with Crippen LogP contribution in [0.25, 0.3) is 0 Å². The Balaban J connectivity index is 4.14. The molecule has 0 spiro atoms. The van der Waals surface area contributed by atoms with E-state index in [0.29, 0.717) is 19.3 Å². The van der Waals surface area contributed by atoms with Crippen LogP contribution in [0.2, 0.25) is 0 Å². The maximum Gasteiger partial charge on any atom is 0.472 e. The number of phosphoric acid groups is 1. The Hall–Kier alpha value is -2.56. The van der Waals surface area contributed by atoms with Crippen LogP contribution in [-0.2, 0) is 32.7 Å². The third-order valence-electron chi connectivity index (χ3n) is 6.12. The number of rotatable bonds is 28. The lowest BCUT2D eigenvalue weighted by atomic mass is 10.2. The maximum absolute atomic E-state index is 12.2. The summed E-state index contributed by atoms with van der Waals surface area (Å²) < 4.78 is 26.3. The number of allylic oxidation sites excluding steroid dienone is 8. The Kier molecular flexibility index (Phi) is 26.3. The lowest BCUT2D eigenvalue weighted by Gasteiger charge is -2.18. The number of ether oxygens (including phenoxy) is 1. The van der Waals surface area contributed by atoms with Crippen molar-refractivity contribution in [1.82, 2.24) is 5.32 Å². The number of unbranched alkanes of at least 4 members (excludes halogenated alkanes) is 6. The molecule has 0 aliphatic heterocycles. The number of esters is 1. The molecule has 0 radical (unpaired) electrons. The Morgan fingerprint density at radius 1 is 0.727 bits per heavy atom. The molecule has 0 aliphatic carbocycles. The molecule has 0 aliphatic rings. The maximum atomic E-state index is 12.2. The van der Waals surface area contributed by atoms with Crippen LogP contribution in [0.1, 0.15) is 104 Å². The topological polar surface area (TPSA) is 169 Å². The normalized spacial score (nSPS) is 14.8. The third-order valence-corrected chi connectivity index (χ3v) is 7.07. The highest BCUT2D eigenvalue weighted by Crippen LogP contribution is 2.43. The van der Waals surface area contributed by atoms with Crippen molar-refractivity contribution in [2.75, 3.05) is 19.8 Å². The van der Waals surface area contributed by atoms with Crippen LogP contribution in [0.5, 0.6) is 0 Å². The van der Waals surface area contributed by atoms with Crippen molar-refractivity contribution in [2.45, 2.75) is 116 Å². The fourth-order valence-corrected chi connectivity index (χ4v) is 4.37. The molecule has 11 nitrogen and oxygen atoms in total. The first-order chi connectivity index (χ1) is 21.1. The SMILES string of the molecule is CCCCC/C=C\C/C=C\C/C=C\C/C=C\CCCC(=O)NC(COP(=O)(O)OCC(O)COC(=O)CCCCC)C(=O)O. The molecule has 0 bridgehead atoms. The van der Waals surface area contributed by atoms with Crippen molar-refractivity contribution in [3.8, 4) is 0 Å². The van der Waals surface area contributed by atoms with Gasteiger partial charge >= 0.3 is 19.8 Å². The molecule has 0 saturated heterocycles. The van der Waals surface area contributed by atoms with Crippen LogP contribution in [-0.4, -0.2) is 64.9 Å². The number of nitrogens with one attached hydrogen (secondary N) is 1. The highest BCUT2D eigenvalue weighted by Gasteiger charge is 2.28. The summed E-state index contributed by atoms with van der Waals surface area (Å²) in [6.07, 6.45) is 26.9. The summed E-state index contributed by atoms with van der Waals surface area (Å²) in [4.78, 5) is 45.0. The van der Waals surface area contributed by atoms with E-state index < -0.39 is 57.6 Å². The van der Waals surface area contributed by atoms with Gasteiger partial charge in [-0.05, 0) is 51.4 Å². The highest BCUT2D eigenvalue weighted by atomic mass is 31.2. The van der Waals surface area contributed by atoms with Gasteiger partial charge in [-0.3, -0.25) is 18.6 Å². The minimum Gasteiger partial charge on any atom is -0.480 e. The summed E-state index contributed by atoms with van der Waals surface area (Å²) in [5.74, 6) is -2.49. The van der Waals surface area contributed by atoms with Crippen molar-refractivity contribution < 1.29 is 47.8 Å². The smallest absolute Gasteiger partial charge is 0.472 e. The average Bonchev–Trinajstić information content (AvgIpc) is 2.98. The molecule has 0 rings (SSSR count). The van der Waals surface area contributed by atoms with Crippen LogP contribution in [0.4, 0.5) is 0 Å². The van der Waals surface area contributed by atoms with E-state index in [0.717, 1.165) is 38.5 Å². The predicted molar refractivity (Wildman–Crippen MR) is 171 cm³/mol. The van der Waals surface area contributed by atoms with Gasteiger partial charge in [0, 0.05) is 12.8 Å². The van der Waals surface area contributed by atoms with Gasteiger partial charge in [0.05, 0.1) is 13.2 Å². The second kappa shape index (κ2) is 28.0. The first kappa shape index (κ1) is 41.4. The fraction of sp³-hybridized carbons (Fsp3) is 0.656. The van der Waals surface area contributed by atoms with Gasteiger partial charge in [0.15, 0.2) is 6.04 Å². The number of carboxylic acid groups (broad SMARTS) is 1. The van der Waals surface area contributed by atoms with E-state index >= 15 is 0 Å². The van der Waals surface area contributed by atoms with E-state index in [1.807, 2.05) is 19.1 Å². The van der Waals surface area contributed by atoms with Gasteiger partial charge < -0.3 is 25.2 Å². The molecule has 4 N–H and O–H groups in total. The molecular formula is C32H54NO10P. The van der Waals surface area contributed by atoms with E-state index in [-0.39, 0.29) is 12.8 Å². The summed E-state index contributed by atoms with van der Waals surface area (Å²) in [6, 6.07) is -1.57. The molecule has 1 amide bonds. The van der Waals surface area contributed by atoms with E-state index in [9.17, 15) is 34.1 Å². The molecule has 3 atom stereocenters. The molecule has 0 aromatic carbocycles. The summed E-state index contributed by atoms with van der Waals surface area (Å²) in [6.45, 7) is 2.26. The van der Waals surface area contributed by atoms with Crippen LogP contribution < -0.4 is 5.32 Å². The number of amides is 1. The van der Waals surface area contributed by atoms with Crippen LogP contribution in [0.15, 0.2) is 48.6 Å². The van der Waals surface area contributed by atoms with Gasteiger partial charge in [-0.1, -0.05) is 88.1 Å². The first-order valence-corrected chi connectivity index (χ1v) is 17.2. The minimum absolute atomic E-state index is 0.0679. The minimum atomic E-state index is -4.74. The molecule has 0 aromatic rings. The van der Waals surface area contributed by atoms with Crippen LogP contribution in [0.3, 0.4) is 0 Å². The number of carbonyl (C=O) groups excluding carboxylic acids is 2. The zero-order valence-corrected chi connectivity index (χ0v) is 27.3. The molecule has 0 heterocycles. The van der Waals surface area contributed by atoms with Crippen molar-refractivity contribution >= 4 is 25.7 Å². The van der Waals surface area contributed by atoms with Crippen molar-refractivity contribution in [3.05, 3.63) is 48.6 Å². The molecule has 0 aromatic heterocycles. The van der Waals surface area contributed by atoms with E-state index in [4.69, 9.17) is 4.74 Å². The molecule has 252 valence electrons. The largest absolute Gasteiger partial charge is 0.480 e. The average molecular weight is 644 g/mol. The number of hydrogen-bond donors (Lipinski definition) is 4. The van der Waals surface area contributed by atoms with Gasteiger partial charge in [0.1, 0.15) is 12.7 Å². The number of hydrogen-bond acceptors (Lipinski definition) is 8. The molecule has 3 unspecified atom stereocenters. The second-order valence-corrected chi connectivity index (χ2v) is 11.7. The quantitative estimate of drug-likeness (QED) is 0.0328. The Labute approximate surface area is 263 Å². The zero-order chi connectivity index (χ0) is 32.9. The summed E-state index contributed by atoms with van der Waals surface area (Å²) in [5.41, 5.74) is 0. The highest BCUT2D eigenvalue weighted by molar-refractivity contribution is 7.47. The van der Waals surface area contributed by atoms with Gasteiger partial charge in [0.25, 0.3) is 0 Å². The van der Waals surface area contributed by atoms with Crippen LogP contribution in [0, 0.1) is 0 Å². The van der Waals surface area contributed by atoms with Gasteiger partial charge in [0.2, 0.25) is 5.91 Å². The van der Waals surface area contributed by atoms with Crippen molar-refractivity contribution in [3.63, 3.8) is 0 Å². The molecular weight excluding hydrogens is 589 g/mol. The molecule has 0 saturated carbocycles. The van der Waals surface area contributed by atoms with Gasteiger partial charge in [-0.25, -0.2) is 9.36 Å². The number of phosphoric ester groups is 1. The zero-order valence-electron chi connectivity index (χ0n) is 26.4. The fourth-order valence-electron chi connectivity index (χ4n) is 3.60. The molecule has 12 heteroatoms. The molecule has 0 fully saturated rings. The van der Waals surface area contributed by atoms with E-state index in [2.05, 4.69) is 57.7 Å². The first-order valence-electron chi connectivity index (χ1n) is 15.7. The molecule has 44 heavy (non-hydrogen) atoms. The standard InChI is InChI=1S/C32H54NO10P/c1-3-5-7-8-9-10-11-12-13-14-15-16-17-18-19-20-22-23-30(35)33-29(32(37)38)27-43-44(39,40)42-26-28(34)25-41-31(36)24-21-6-4-2/h9-10,12-13,15-16,18-19,28-29,34H,3-8,11,14,17,20-27H2,1-2H3,(H,33,35)(H,37,38)(H,39,40)/b10-9-,13-12-,16-15-,19-18-. The third kappa shape index (κ3) is 27.0. The number of aliphatic hydroxyl groups excluding tert-OH is 1. The van der Waals surface area contributed by atoms with Crippen molar-refractivity contribution in [1.29, 1.82) is 0 Å². The number of aliphatic hydroxyl groups is 1. The Morgan fingerprint density at radius 3 is 1.82 bits per heavy atom. The Morgan fingerprint density at radius 2 is 1.25 bits per heavy atom. The number of carboxylic acids is 1. The lowest BCUT2D eigenvalue weighted by molar-refractivity contribution is -0.147. The van der Waals surface area contributed by atoms with Crippen LogP contribution >= 0.6 is 7.82 Å². The summed E-state index contributed by atoms with van der Waals surface area (Å²) >= 11 is 0. The predicted octanol–water partition coefficient (Wildman–Crippen LogP) is 6.32. The van der Waals surface area contributed by atoms with E-state index in [1.54, 1.807) is 0 Å². The monoisotopic (exact) mass is 643 g/mol.